The van der Waals surface area contributed by atoms with Crippen molar-refractivity contribution in [1.29, 1.82) is 0 Å². The zero-order chi connectivity index (χ0) is 12.7. The fourth-order valence-corrected chi connectivity index (χ4v) is 1.19. The van der Waals surface area contributed by atoms with Crippen molar-refractivity contribution in [3.8, 4) is 0 Å². The molecule has 0 aliphatic heterocycles. The number of rotatable bonds is 4. The summed E-state index contributed by atoms with van der Waals surface area (Å²) in [4.78, 5) is 21.7. The number of carboxylic acids is 1. The highest BCUT2D eigenvalue weighted by Crippen LogP contribution is 2.02. The van der Waals surface area contributed by atoms with Gasteiger partial charge in [0.1, 0.15) is 5.70 Å². The van der Waals surface area contributed by atoms with Gasteiger partial charge in [-0.3, -0.25) is 5.32 Å². The first-order chi connectivity index (χ1) is 8.13. The van der Waals surface area contributed by atoms with E-state index in [1.807, 2.05) is 30.3 Å². The standard InChI is InChI=1S/C12H13NO4/c1-17-12(16)13-10(11(14)15)8-7-9-5-3-2-4-6-9/h2-6,8H,7H2,1H3,(H,13,16)(H,14,15)/b10-8-. The Morgan fingerprint density at radius 3 is 2.53 bits per heavy atom. The molecule has 0 unspecified atom stereocenters. The van der Waals surface area contributed by atoms with Gasteiger partial charge < -0.3 is 9.84 Å². The van der Waals surface area contributed by atoms with Crippen LogP contribution in [0.2, 0.25) is 0 Å². The summed E-state index contributed by atoms with van der Waals surface area (Å²) in [5.74, 6) is -1.20. The molecule has 5 nitrogen and oxygen atoms in total. The SMILES string of the molecule is COC(=O)N/C(=C\Cc1ccccc1)C(=O)O. The Balaban J connectivity index is 2.71. The van der Waals surface area contributed by atoms with Gasteiger partial charge in [-0.1, -0.05) is 30.3 Å². The molecule has 1 aromatic carbocycles. The van der Waals surface area contributed by atoms with Crippen molar-refractivity contribution >= 4 is 12.1 Å². The van der Waals surface area contributed by atoms with Crippen LogP contribution in [0.4, 0.5) is 4.79 Å². The highest BCUT2D eigenvalue weighted by molar-refractivity contribution is 5.90. The molecule has 1 aromatic rings. The van der Waals surface area contributed by atoms with E-state index in [0.29, 0.717) is 6.42 Å². The molecule has 0 radical (unpaired) electrons. The van der Waals surface area contributed by atoms with Gasteiger partial charge in [0.2, 0.25) is 0 Å². The quantitative estimate of drug-likeness (QED) is 0.776. The molecule has 5 heteroatoms. The Labute approximate surface area is 98.7 Å². The Hall–Kier alpha value is -2.30. The van der Waals surface area contributed by atoms with E-state index in [-0.39, 0.29) is 5.70 Å². The molecule has 1 amide bonds. The lowest BCUT2D eigenvalue weighted by atomic mass is 10.1. The minimum atomic E-state index is -1.20. The van der Waals surface area contributed by atoms with Gasteiger partial charge >= 0.3 is 12.1 Å². The van der Waals surface area contributed by atoms with Gasteiger partial charge in [0.05, 0.1) is 7.11 Å². The lowest BCUT2D eigenvalue weighted by Crippen LogP contribution is -2.27. The van der Waals surface area contributed by atoms with Crippen LogP contribution in [0.15, 0.2) is 42.1 Å². The van der Waals surface area contributed by atoms with E-state index >= 15 is 0 Å². The van der Waals surface area contributed by atoms with Crippen LogP contribution < -0.4 is 5.32 Å². The summed E-state index contributed by atoms with van der Waals surface area (Å²) < 4.78 is 4.33. The van der Waals surface area contributed by atoms with Gasteiger partial charge in [-0.2, -0.15) is 0 Å². The molecule has 0 aromatic heterocycles. The summed E-state index contributed by atoms with van der Waals surface area (Å²) in [5.41, 5.74) is 0.763. The van der Waals surface area contributed by atoms with Crippen LogP contribution in [0.25, 0.3) is 0 Å². The molecule has 0 aliphatic rings. The van der Waals surface area contributed by atoms with E-state index in [1.165, 1.54) is 13.2 Å². The average molecular weight is 235 g/mol. The van der Waals surface area contributed by atoms with Crippen molar-refractivity contribution in [2.75, 3.05) is 7.11 Å². The average Bonchev–Trinajstić information content (AvgIpc) is 2.35. The molecule has 1 rings (SSSR count). The van der Waals surface area contributed by atoms with Crippen molar-refractivity contribution in [2.24, 2.45) is 0 Å². The second-order valence-corrected chi connectivity index (χ2v) is 3.23. The number of carboxylic acid groups (broad SMARTS) is 1. The Morgan fingerprint density at radius 1 is 1.35 bits per heavy atom. The number of carbonyl (C=O) groups excluding carboxylic acids is 1. The lowest BCUT2D eigenvalue weighted by Gasteiger charge is -2.04. The molecule has 0 atom stereocenters. The number of carbonyl (C=O) groups is 2. The van der Waals surface area contributed by atoms with Crippen LogP contribution in [0, 0.1) is 0 Å². The summed E-state index contributed by atoms with van der Waals surface area (Å²) >= 11 is 0. The van der Waals surface area contributed by atoms with Crippen LogP contribution in [0.3, 0.4) is 0 Å². The van der Waals surface area contributed by atoms with Crippen molar-refractivity contribution in [1.82, 2.24) is 5.32 Å². The highest BCUT2D eigenvalue weighted by Gasteiger charge is 2.10. The number of benzene rings is 1. The number of ether oxygens (including phenoxy) is 1. The van der Waals surface area contributed by atoms with E-state index in [0.717, 1.165) is 5.56 Å². The number of hydrogen-bond acceptors (Lipinski definition) is 3. The number of allylic oxidation sites excluding steroid dienone is 1. The zero-order valence-electron chi connectivity index (χ0n) is 9.34. The van der Waals surface area contributed by atoms with Gasteiger partial charge in [-0.05, 0) is 18.1 Å². The van der Waals surface area contributed by atoms with Crippen LogP contribution in [0.5, 0.6) is 0 Å². The number of methoxy groups -OCH3 is 1. The third kappa shape index (κ3) is 4.38. The van der Waals surface area contributed by atoms with Crippen molar-refractivity contribution < 1.29 is 19.4 Å². The van der Waals surface area contributed by atoms with Crippen molar-refractivity contribution in [3.05, 3.63) is 47.7 Å². The van der Waals surface area contributed by atoms with Gasteiger partial charge in [-0.25, -0.2) is 9.59 Å². The summed E-state index contributed by atoms with van der Waals surface area (Å²) in [6, 6.07) is 9.33. The summed E-state index contributed by atoms with van der Waals surface area (Å²) in [6.45, 7) is 0. The third-order valence-corrected chi connectivity index (χ3v) is 2.04. The maximum Gasteiger partial charge on any atom is 0.411 e. The minimum Gasteiger partial charge on any atom is -0.477 e. The molecule has 0 spiro atoms. The smallest absolute Gasteiger partial charge is 0.411 e. The first-order valence-corrected chi connectivity index (χ1v) is 4.96. The molecule has 0 saturated heterocycles. The lowest BCUT2D eigenvalue weighted by molar-refractivity contribution is -0.133. The molecular formula is C12H13NO4. The highest BCUT2D eigenvalue weighted by atomic mass is 16.5. The monoisotopic (exact) mass is 235 g/mol. The maximum atomic E-state index is 10.9. The van der Waals surface area contributed by atoms with E-state index in [2.05, 4.69) is 10.1 Å². The largest absolute Gasteiger partial charge is 0.477 e. The number of nitrogens with one attached hydrogen (secondary N) is 1. The van der Waals surface area contributed by atoms with E-state index in [1.54, 1.807) is 0 Å². The molecule has 0 bridgehead atoms. The van der Waals surface area contributed by atoms with Gasteiger partial charge in [0.25, 0.3) is 0 Å². The number of alkyl carbamates (subject to hydrolysis) is 1. The van der Waals surface area contributed by atoms with Crippen LogP contribution in [0.1, 0.15) is 5.56 Å². The second kappa shape index (κ2) is 6.32. The summed E-state index contributed by atoms with van der Waals surface area (Å²) in [7, 11) is 1.17. The van der Waals surface area contributed by atoms with E-state index in [9.17, 15) is 9.59 Å². The van der Waals surface area contributed by atoms with Crippen molar-refractivity contribution in [2.45, 2.75) is 6.42 Å². The van der Waals surface area contributed by atoms with Crippen LogP contribution >= 0.6 is 0 Å². The molecule has 2 N–H and O–H groups in total. The van der Waals surface area contributed by atoms with Gasteiger partial charge in [0.15, 0.2) is 0 Å². The second-order valence-electron chi connectivity index (χ2n) is 3.23. The zero-order valence-corrected chi connectivity index (χ0v) is 9.34. The molecular weight excluding hydrogens is 222 g/mol. The molecule has 0 saturated carbocycles. The summed E-state index contributed by atoms with van der Waals surface area (Å²) in [6.07, 6.45) is 1.05. The fraction of sp³-hybridized carbons (Fsp3) is 0.167. The van der Waals surface area contributed by atoms with Crippen LogP contribution in [-0.2, 0) is 16.0 Å². The number of hydrogen-bond donors (Lipinski definition) is 2. The summed E-state index contributed by atoms with van der Waals surface area (Å²) in [5, 5.41) is 11.0. The number of amides is 1. The predicted molar refractivity (Wildman–Crippen MR) is 61.4 cm³/mol. The topological polar surface area (TPSA) is 75.6 Å². The first-order valence-electron chi connectivity index (χ1n) is 4.96. The normalized spacial score (nSPS) is 10.8. The van der Waals surface area contributed by atoms with E-state index in [4.69, 9.17) is 5.11 Å². The van der Waals surface area contributed by atoms with E-state index < -0.39 is 12.1 Å². The Bertz CT molecular complexity index is 425. The molecule has 90 valence electrons. The van der Waals surface area contributed by atoms with Gasteiger partial charge in [0, 0.05) is 0 Å². The minimum absolute atomic E-state index is 0.194. The van der Waals surface area contributed by atoms with Gasteiger partial charge in [-0.15, -0.1) is 0 Å². The third-order valence-electron chi connectivity index (χ3n) is 2.04. The molecule has 0 fully saturated rings. The molecule has 17 heavy (non-hydrogen) atoms. The predicted octanol–water partition coefficient (Wildman–Crippen LogP) is 1.55. The van der Waals surface area contributed by atoms with Crippen molar-refractivity contribution in [3.63, 3.8) is 0 Å². The Morgan fingerprint density at radius 2 is 2.00 bits per heavy atom. The molecule has 0 aliphatic carbocycles. The first kappa shape index (κ1) is 12.8. The maximum absolute atomic E-state index is 10.9. The van der Waals surface area contributed by atoms with Crippen LogP contribution in [-0.4, -0.2) is 24.3 Å². The molecule has 0 heterocycles. The Kier molecular flexibility index (Phi) is 4.75. The number of aliphatic carboxylic acids is 1. The fourth-order valence-electron chi connectivity index (χ4n) is 1.19.